The average Bonchev–Trinajstić information content (AvgIpc) is 2.38. The van der Waals surface area contributed by atoms with Crippen LogP contribution in [0.1, 0.15) is 17.4 Å². The molecule has 92 valence electrons. The van der Waals surface area contributed by atoms with Crippen LogP contribution in [0.15, 0.2) is 18.2 Å². The van der Waals surface area contributed by atoms with Crippen molar-refractivity contribution < 1.29 is 4.79 Å². The van der Waals surface area contributed by atoms with Crippen molar-refractivity contribution in [3.8, 4) is 0 Å². The third-order valence-corrected chi connectivity index (χ3v) is 3.78. The number of aromatic nitrogens is 1. The van der Waals surface area contributed by atoms with Gasteiger partial charge in [0.15, 0.2) is 0 Å². The van der Waals surface area contributed by atoms with Crippen molar-refractivity contribution in [1.29, 1.82) is 0 Å². The quantitative estimate of drug-likeness (QED) is 0.605. The number of anilines is 1. The fourth-order valence-corrected chi connectivity index (χ4v) is 2.81. The minimum Gasteiger partial charge on any atom is -0.335 e. The van der Waals surface area contributed by atoms with E-state index in [-0.39, 0.29) is 5.91 Å². The Hall–Kier alpha value is -1.27. The van der Waals surface area contributed by atoms with Crippen molar-refractivity contribution in [3.05, 3.63) is 23.9 Å². The molecule has 3 N–H and O–H groups in total. The number of hydrogen-bond donors (Lipinski definition) is 2. The van der Waals surface area contributed by atoms with E-state index in [0.717, 1.165) is 18.8 Å². The van der Waals surface area contributed by atoms with Gasteiger partial charge in [-0.2, -0.15) is 11.8 Å². The van der Waals surface area contributed by atoms with E-state index in [1.54, 1.807) is 18.2 Å². The Morgan fingerprint density at radius 2 is 2.47 bits per heavy atom. The van der Waals surface area contributed by atoms with Crippen molar-refractivity contribution >= 4 is 23.5 Å². The fourth-order valence-electron chi connectivity index (χ4n) is 1.80. The highest BCUT2D eigenvalue weighted by Gasteiger charge is 2.23. The lowest BCUT2D eigenvalue weighted by Crippen LogP contribution is -2.41. The monoisotopic (exact) mass is 252 g/mol. The van der Waals surface area contributed by atoms with Crippen LogP contribution in [0, 0.1) is 0 Å². The summed E-state index contributed by atoms with van der Waals surface area (Å²) in [4.78, 5) is 18.2. The second-order valence-electron chi connectivity index (χ2n) is 3.98. The molecular formula is C11H16N4OS. The molecule has 1 atom stereocenters. The van der Waals surface area contributed by atoms with Crippen molar-refractivity contribution in [2.75, 3.05) is 24.3 Å². The maximum atomic E-state index is 12.2. The fraction of sp³-hybridized carbons (Fsp3) is 0.455. The number of rotatable bonds is 2. The molecule has 1 aliphatic heterocycles. The van der Waals surface area contributed by atoms with E-state index in [1.807, 2.05) is 16.7 Å². The van der Waals surface area contributed by atoms with Crippen molar-refractivity contribution in [3.63, 3.8) is 0 Å². The van der Waals surface area contributed by atoms with Gasteiger partial charge in [0.05, 0.1) is 0 Å². The van der Waals surface area contributed by atoms with E-state index in [0.29, 0.717) is 16.8 Å². The number of nitrogens with one attached hydrogen (secondary N) is 1. The number of hydrogen-bond acceptors (Lipinski definition) is 5. The third kappa shape index (κ3) is 2.89. The van der Waals surface area contributed by atoms with Crippen LogP contribution in [0.25, 0.3) is 0 Å². The summed E-state index contributed by atoms with van der Waals surface area (Å²) >= 11 is 1.90. The first kappa shape index (κ1) is 12.2. The van der Waals surface area contributed by atoms with Gasteiger partial charge in [-0.15, -0.1) is 0 Å². The van der Waals surface area contributed by atoms with E-state index in [1.165, 1.54) is 0 Å². The molecule has 0 aromatic carbocycles. The molecule has 0 bridgehead atoms. The molecule has 1 aliphatic rings. The summed E-state index contributed by atoms with van der Waals surface area (Å²) in [5.74, 6) is 6.76. The molecule has 6 heteroatoms. The molecule has 1 amide bonds. The third-order valence-electron chi connectivity index (χ3n) is 2.64. The van der Waals surface area contributed by atoms with Gasteiger partial charge >= 0.3 is 0 Å². The summed E-state index contributed by atoms with van der Waals surface area (Å²) in [5.41, 5.74) is 2.89. The Balaban J connectivity index is 2.12. The van der Waals surface area contributed by atoms with Gasteiger partial charge in [0.1, 0.15) is 11.5 Å². The normalized spacial score (nSPS) is 20.1. The van der Waals surface area contributed by atoms with Gasteiger partial charge < -0.3 is 10.3 Å². The molecular weight excluding hydrogens is 236 g/mol. The largest absolute Gasteiger partial charge is 0.335 e. The molecule has 1 unspecified atom stereocenters. The number of thioether (sulfide) groups is 1. The summed E-state index contributed by atoms with van der Waals surface area (Å²) in [6.07, 6.45) is 0. The Morgan fingerprint density at radius 3 is 3.18 bits per heavy atom. The summed E-state index contributed by atoms with van der Waals surface area (Å²) in [6, 6.07) is 5.22. The summed E-state index contributed by atoms with van der Waals surface area (Å²) in [6.45, 7) is 3.71. The zero-order chi connectivity index (χ0) is 12.3. The number of nitrogen functional groups attached to an aromatic ring is 1. The lowest BCUT2D eigenvalue weighted by molar-refractivity contribution is 0.0757. The number of nitrogens with two attached hydrogens (primary N) is 1. The van der Waals surface area contributed by atoms with Crippen molar-refractivity contribution in [2.45, 2.75) is 12.2 Å². The maximum Gasteiger partial charge on any atom is 0.272 e. The molecule has 0 aliphatic carbocycles. The minimum atomic E-state index is -0.0192. The van der Waals surface area contributed by atoms with Gasteiger partial charge in [-0.1, -0.05) is 13.0 Å². The number of hydrazine groups is 1. The van der Waals surface area contributed by atoms with Crippen LogP contribution < -0.4 is 11.3 Å². The van der Waals surface area contributed by atoms with Crippen LogP contribution in [-0.2, 0) is 0 Å². The predicted molar refractivity (Wildman–Crippen MR) is 69.9 cm³/mol. The van der Waals surface area contributed by atoms with Gasteiger partial charge in [0.2, 0.25) is 0 Å². The van der Waals surface area contributed by atoms with Crippen LogP contribution in [0.5, 0.6) is 0 Å². The lowest BCUT2D eigenvalue weighted by Gasteiger charge is -2.30. The smallest absolute Gasteiger partial charge is 0.272 e. The Morgan fingerprint density at radius 1 is 1.65 bits per heavy atom. The van der Waals surface area contributed by atoms with Crippen molar-refractivity contribution in [1.82, 2.24) is 9.88 Å². The molecule has 0 radical (unpaired) electrons. The second-order valence-corrected chi connectivity index (χ2v) is 5.53. The first-order valence-corrected chi connectivity index (χ1v) is 6.60. The van der Waals surface area contributed by atoms with Crippen LogP contribution in [0.4, 0.5) is 5.82 Å². The number of amides is 1. The highest BCUT2D eigenvalue weighted by atomic mass is 32.2. The molecule has 1 aromatic heterocycles. The average molecular weight is 252 g/mol. The van der Waals surface area contributed by atoms with Crippen LogP contribution in [0.2, 0.25) is 0 Å². The zero-order valence-electron chi connectivity index (χ0n) is 9.72. The van der Waals surface area contributed by atoms with Gasteiger partial charge in [-0.05, 0) is 12.1 Å². The van der Waals surface area contributed by atoms with Gasteiger partial charge in [-0.3, -0.25) is 4.79 Å². The highest BCUT2D eigenvalue weighted by Crippen LogP contribution is 2.19. The first-order valence-electron chi connectivity index (χ1n) is 5.55. The van der Waals surface area contributed by atoms with Gasteiger partial charge in [-0.25, -0.2) is 10.8 Å². The number of carbonyl (C=O) groups excluding carboxylic acids is 1. The van der Waals surface area contributed by atoms with Gasteiger partial charge in [0, 0.05) is 24.1 Å². The number of carbonyl (C=O) groups is 1. The summed E-state index contributed by atoms with van der Waals surface area (Å²) in [5, 5.41) is 0.489. The SMILES string of the molecule is CC1CN(C(=O)c2cccc(NN)n2)CCS1. The van der Waals surface area contributed by atoms with Crippen LogP contribution in [-0.4, -0.2) is 39.9 Å². The van der Waals surface area contributed by atoms with E-state index in [2.05, 4.69) is 17.3 Å². The molecule has 0 saturated carbocycles. The maximum absolute atomic E-state index is 12.2. The first-order chi connectivity index (χ1) is 8.20. The minimum absolute atomic E-state index is 0.0192. The van der Waals surface area contributed by atoms with E-state index in [9.17, 15) is 4.79 Å². The molecule has 1 fully saturated rings. The lowest BCUT2D eigenvalue weighted by atomic mass is 10.3. The highest BCUT2D eigenvalue weighted by molar-refractivity contribution is 7.99. The standard InChI is InChI=1S/C11H16N4OS/c1-8-7-15(5-6-17-8)11(16)9-3-2-4-10(13-9)14-12/h2-4,8H,5-7,12H2,1H3,(H,13,14). The Labute approximate surface area is 105 Å². The molecule has 1 saturated heterocycles. The summed E-state index contributed by atoms with van der Waals surface area (Å²) in [7, 11) is 0. The Kier molecular flexibility index (Phi) is 3.86. The predicted octanol–water partition coefficient (Wildman–Crippen LogP) is 0.945. The van der Waals surface area contributed by atoms with Crippen LogP contribution in [0.3, 0.4) is 0 Å². The Bertz CT molecular complexity index is 412. The van der Waals surface area contributed by atoms with E-state index < -0.39 is 0 Å². The van der Waals surface area contributed by atoms with Gasteiger partial charge in [0.25, 0.3) is 5.91 Å². The topological polar surface area (TPSA) is 71.2 Å². The zero-order valence-corrected chi connectivity index (χ0v) is 10.5. The van der Waals surface area contributed by atoms with E-state index >= 15 is 0 Å². The van der Waals surface area contributed by atoms with E-state index in [4.69, 9.17) is 5.84 Å². The molecule has 17 heavy (non-hydrogen) atoms. The number of pyridine rings is 1. The molecule has 1 aromatic rings. The molecule has 0 spiro atoms. The molecule has 5 nitrogen and oxygen atoms in total. The molecule has 2 heterocycles. The van der Waals surface area contributed by atoms with Crippen molar-refractivity contribution in [2.24, 2.45) is 5.84 Å². The number of nitrogens with zero attached hydrogens (tertiary/aromatic N) is 2. The molecule has 2 rings (SSSR count). The second kappa shape index (κ2) is 5.37. The summed E-state index contributed by atoms with van der Waals surface area (Å²) < 4.78 is 0. The van der Waals surface area contributed by atoms with Crippen LogP contribution >= 0.6 is 11.8 Å².